The molecule has 0 atom stereocenters. The lowest BCUT2D eigenvalue weighted by Gasteiger charge is -2.16. The first-order valence-electron chi connectivity index (χ1n) is 10.8. The highest BCUT2D eigenvalue weighted by Crippen LogP contribution is 2.46. The summed E-state index contributed by atoms with van der Waals surface area (Å²) in [6.45, 7) is -0.378. The SMILES string of the molecule is COc1ccc(-c2nc3sc4c(O)c(Cl)ccc4c3c(=O)n2CC(=O)NCCO)c(C2CC2)c1. The molecule has 0 radical (unpaired) electrons. The normalized spacial score (nSPS) is 13.5. The minimum Gasteiger partial charge on any atom is -0.505 e. The van der Waals surface area contributed by atoms with E-state index in [0.29, 0.717) is 37.8 Å². The second-order valence-corrected chi connectivity index (χ2v) is 9.59. The van der Waals surface area contributed by atoms with Crippen LogP contribution in [0.3, 0.4) is 0 Å². The second kappa shape index (κ2) is 8.90. The molecule has 1 amide bonds. The number of nitrogens with one attached hydrogen (secondary N) is 1. The zero-order chi connectivity index (χ0) is 24.0. The largest absolute Gasteiger partial charge is 0.505 e. The van der Waals surface area contributed by atoms with Crippen LogP contribution in [0.4, 0.5) is 0 Å². The van der Waals surface area contributed by atoms with E-state index in [9.17, 15) is 14.7 Å². The van der Waals surface area contributed by atoms with Gasteiger partial charge in [0, 0.05) is 17.5 Å². The number of phenols is 1. The summed E-state index contributed by atoms with van der Waals surface area (Å²) in [5.74, 6) is 0.907. The number of hydrogen-bond donors (Lipinski definition) is 3. The fourth-order valence-corrected chi connectivity index (χ4v) is 5.46. The number of thiophene rings is 1. The van der Waals surface area contributed by atoms with Gasteiger partial charge in [-0.05, 0) is 48.6 Å². The fraction of sp³-hybridized carbons (Fsp3) is 0.292. The first kappa shape index (κ1) is 22.6. The van der Waals surface area contributed by atoms with E-state index in [1.807, 2.05) is 18.2 Å². The number of nitrogens with zero attached hydrogens (tertiary/aromatic N) is 2. The molecule has 3 N–H and O–H groups in total. The van der Waals surface area contributed by atoms with Crippen LogP contribution in [0, 0.1) is 0 Å². The van der Waals surface area contributed by atoms with E-state index < -0.39 is 5.91 Å². The summed E-state index contributed by atoms with van der Waals surface area (Å²) in [7, 11) is 1.60. The second-order valence-electron chi connectivity index (χ2n) is 8.18. The Hall–Kier alpha value is -3.14. The van der Waals surface area contributed by atoms with Gasteiger partial charge in [-0.3, -0.25) is 14.2 Å². The summed E-state index contributed by atoms with van der Waals surface area (Å²) < 4.78 is 7.24. The van der Waals surface area contributed by atoms with Crippen LogP contribution in [-0.4, -0.2) is 45.9 Å². The van der Waals surface area contributed by atoms with Crippen molar-refractivity contribution in [2.24, 2.45) is 0 Å². The van der Waals surface area contributed by atoms with Gasteiger partial charge in [0.25, 0.3) is 5.56 Å². The first-order chi connectivity index (χ1) is 16.4. The molecule has 34 heavy (non-hydrogen) atoms. The molecule has 5 rings (SSSR count). The number of benzene rings is 2. The molecule has 0 unspecified atom stereocenters. The van der Waals surface area contributed by atoms with Crippen molar-refractivity contribution in [3.8, 4) is 22.9 Å². The summed E-state index contributed by atoms with van der Waals surface area (Å²) in [5.41, 5.74) is 1.39. The number of hydrogen-bond acceptors (Lipinski definition) is 7. The predicted molar refractivity (Wildman–Crippen MR) is 132 cm³/mol. The van der Waals surface area contributed by atoms with Gasteiger partial charge in [-0.1, -0.05) is 17.7 Å². The molecule has 1 aliphatic rings. The van der Waals surface area contributed by atoms with E-state index in [0.717, 1.165) is 24.0 Å². The van der Waals surface area contributed by atoms with Crippen molar-refractivity contribution < 1.29 is 19.7 Å². The Bertz CT molecular complexity index is 1490. The van der Waals surface area contributed by atoms with Crippen LogP contribution in [0.25, 0.3) is 31.7 Å². The number of aromatic nitrogens is 2. The molecule has 1 saturated carbocycles. The third kappa shape index (κ3) is 3.89. The predicted octanol–water partition coefficient (Wildman–Crippen LogP) is 3.63. The van der Waals surface area contributed by atoms with Gasteiger partial charge in [-0.15, -0.1) is 11.3 Å². The van der Waals surface area contributed by atoms with Crippen LogP contribution in [0.2, 0.25) is 5.02 Å². The Morgan fingerprint density at radius 3 is 2.82 bits per heavy atom. The van der Waals surface area contributed by atoms with E-state index in [1.54, 1.807) is 13.2 Å². The maximum Gasteiger partial charge on any atom is 0.263 e. The molecule has 4 aromatic rings. The minimum atomic E-state index is -0.412. The summed E-state index contributed by atoms with van der Waals surface area (Å²) in [4.78, 5) is 31.7. The number of aliphatic hydroxyl groups excluding tert-OH is 1. The molecule has 2 aromatic carbocycles. The quantitative estimate of drug-likeness (QED) is 0.358. The molecule has 0 bridgehead atoms. The average molecular weight is 500 g/mol. The topological polar surface area (TPSA) is 114 Å². The average Bonchev–Trinajstić information content (AvgIpc) is 3.62. The van der Waals surface area contributed by atoms with Gasteiger partial charge in [-0.25, -0.2) is 4.98 Å². The van der Waals surface area contributed by atoms with Gasteiger partial charge in [0.2, 0.25) is 5.91 Å². The lowest BCUT2D eigenvalue weighted by molar-refractivity contribution is -0.121. The first-order valence-corrected chi connectivity index (χ1v) is 12.0. The highest BCUT2D eigenvalue weighted by atomic mass is 35.5. The molecule has 2 heterocycles. The summed E-state index contributed by atoms with van der Waals surface area (Å²) in [6, 6.07) is 8.84. The van der Waals surface area contributed by atoms with Crippen molar-refractivity contribution in [2.45, 2.75) is 25.3 Å². The van der Waals surface area contributed by atoms with Gasteiger partial charge in [-0.2, -0.15) is 0 Å². The lowest BCUT2D eigenvalue weighted by Crippen LogP contribution is -2.35. The summed E-state index contributed by atoms with van der Waals surface area (Å²) in [5, 5.41) is 23.2. The number of amides is 1. The van der Waals surface area contributed by atoms with Gasteiger partial charge in [0.05, 0.1) is 28.8 Å². The van der Waals surface area contributed by atoms with Crippen LogP contribution < -0.4 is 15.6 Å². The van der Waals surface area contributed by atoms with Crippen molar-refractivity contribution in [1.29, 1.82) is 0 Å². The van der Waals surface area contributed by atoms with Crippen LogP contribution in [0.1, 0.15) is 24.3 Å². The molecule has 0 aliphatic heterocycles. The van der Waals surface area contributed by atoms with Gasteiger partial charge >= 0.3 is 0 Å². The highest BCUT2D eigenvalue weighted by Gasteiger charge is 2.29. The summed E-state index contributed by atoms with van der Waals surface area (Å²) in [6.07, 6.45) is 2.05. The van der Waals surface area contributed by atoms with Crippen LogP contribution >= 0.6 is 22.9 Å². The van der Waals surface area contributed by atoms with Gasteiger partial charge in [0.1, 0.15) is 22.9 Å². The molecule has 0 spiro atoms. The van der Waals surface area contributed by atoms with E-state index in [1.165, 1.54) is 22.0 Å². The van der Waals surface area contributed by atoms with Crippen LogP contribution in [0.5, 0.6) is 11.5 Å². The summed E-state index contributed by atoms with van der Waals surface area (Å²) >= 11 is 7.28. The number of methoxy groups -OCH3 is 1. The lowest BCUT2D eigenvalue weighted by atomic mass is 10.0. The zero-order valence-corrected chi connectivity index (χ0v) is 19.9. The molecule has 2 aromatic heterocycles. The van der Waals surface area contributed by atoms with E-state index in [-0.39, 0.29) is 36.0 Å². The van der Waals surface area contributed by atoms with Crippen molar-refractivity contribution in [3.63, 3.8) is 0 Å². The third-order valence-corrected chi connectivity index (χ3v) is 7.35. The Balaban J connectivity index is 1.79. The monoisotopic (exact) mass is 499 g/mol. The van der Waals surface area contributed by atoms with Gasteiger partial charge < -0.3 is 20.3 Å². The molecule has 176 valence electrons. The molecule has 0 saturated heterocycles. The van der Waals surface area contributed by atoms with Crippen LogP contribution in [-0.2, 0) is 11.3 Å². The zero-order valence-electron chi connectivity index (χ0n) is 18.3. The smallest absolute Gasteiger partial charge is 0.263 e. The number of carbonyl (C=O) groups is 1. The number of rotatable bonds is 7. The van der Waals surface area contributed by atoms with Crippen molar-refractivity contribution >= 4 is 49.1 Å². The van der Waals surface area contributed by atoms with Crippen LogP contribution in [0.15, 0.2) is 35.1 Å². The minimum absolute atomic E-state index is 0.0855. The number of fused-ring (bicyclic) bond motifs is 3. The Morgan fingerprint density at radius 2 is 2.12 bits per heavy atom. The van der Waals surface area contributed by atoms with E-state index in [2.05, 4.69) is 5.32 Å². The highest BCUT2D eigenvalue weighted by molar-refractivity contribution is 7.25. The molecule has 1 fully saturated rings. The van der Waals surface area contributed by atoms with Crippen molar-refractivity contribution in [1.82, 2.24) is 14.9 Å². The van der Waals surface area contributed by atoms with E-state index >= 15 is 0 Å². The van der Waals surface area contributed by atoms with Crippen molar-refractivity contribution in [2.75, 3.05) is 20.3 Å². The number of halogens is 1. The molecule has 1 aliphatic carbocycles. The van der Waals surface area contributed by atoms with Gasteiger partial charge in [0.15, 0.2) is 5.75 Å². The van der Waals surface area contributed by atoms with E-state index in [4.69, 9.17) is 26.4 Å². The standard InChI is InChI=1S/C24H22ClN3O5S/c1-33-13-4-5-14(16(10-13)12-2-3-12)22-27-23-19(15-6-7-17(25)20(31)21(15)34-23)24(32)28(22)11-18(30)26-8-9-29/h4-7,10,12,29,31H,2-3,8-9,11H2,1H3,(H,26,30). The third-order valence-electron chi connectivity index (χ3n) is 5.94. The molecule has 8 nitrogen and oxygen atoms in total. The molecular weight excluding hydrogens is 478 g/mol. The Kier molecular flexibility index (Phi) is 5.93. The maximum absolute atomic E-state index is 13.8. The number of ether oxygens (including phenoxy) is 1. The Labute approximate surface area is 203 Å². The molecular formula is C24H22ClN3O5S. The number of phenolic OH excluding ortho intramolecular Hbond substituents is 1. The number of aliphatic hydroxyl groups is 1. The number of aromatic hydroxyl groups is 1. The van der Waals surface area contributed by atoms with Crippen molar-refractivity contribution in [3.05, 3.63) is 51.3 Å². The Morgan fingerprint density at radius 1 is 1.32 bits per heavy atom. The number of carbonyl (C=O) groups excluding carboxylic acids is 1. The fourth-order valence-electron chi connectivity index (χ4n) is 4.13. The maximum atomic E-state index is 13.8. The molecule has 10 heteroatoms.